The molecule has 0 unspecified atom stereocenters. The molecule has 0 bridgehead atoms. The average molecular weight is 290 g/mol. The van der Waals surface area contributed by atoms with Crippen LogP contribution in [0.4, 0.5) is 0 Å². The van der Waals surface area contributed by atoms with E-state index < -0.39 is 5.60 Å². The number of hydrogen-bond donors (Lipinski definition) is 2. The molecule has 2 aromatic rings. The quantitative estimate of drug-likeness (QED) is 0.875. The molecule has 0 aliphatic heterocycles. The number of carbonyl (C=O) groups excluding carboxylic acids is 1. The number of aryl methyl sites for hydroxylation is 2. The van der Waals surface area contributed by atoms with Crippen LogP contribution < -0.4 is 5.32 Å². The molecule has 0 saturated heterocycles. The Labute approximate surface area is 124 Å². The van der Waals surface area contributed by atoms with Crippen LogP contribution in [-0.4, -0.2) is 37.9 Å². The highest BCUT2D eigenvalue weighted by Crippen LogP contribution is 2.17. The summed E-state index contributed by atoms with van der Waals surface area (Å²) in [4.78, 5) is 16.5. The Hall–Kier alpha value is -1.95. The van der Waals surface area contributed by atoms with E-state index in [4.69, 9.17) is 0 Å². The van der Waals surface area contributed by atoms with Crippen molar-refractivity contribution in [2.45, 2.75) is 39.2 Å². The van der Waals surface area contributed by atoms with Gasteiger partial charge in [-0.15, -0.1) is 0 Å². The zero-order valence-electron chi connectivity index (χ0n) is 13.0. The Morgan fingerprint density at radius 1 is 1.43 bits per heavy atom. The second kappa shape index (κ2) is 5.81. The predicted octanol–water partition coefficient (Wildman–Crippen LogP) is 1.56. The monoisotopic (exact) mass is 290 g/mol. The van der Waals surface area contributed by atoms with Crippen molar-refractivity contribution < 1.29 is 9.90 Å². The fraction of sp³-hybridized carbons (Fsp3) is 0.533. The number of aliphatic hydroxyl groups is 1. The fourth-order valence-electron chi connectivity index (χ4n) is 2.28. The van der Waals surface area contributed by atoms with E-state index in [0.717, 1.165) is 16.7 Å². The number of pyridine rings is 1. The van der Waals surface area contributed by atoms with Crippen LogP contribution >= 0.6 is 0 Å². The zero-order valence-corrected chi connectivity index (χ0v) is 13.0. The maximum atomic E-state index is 12.2. The standard InChI is InChI=1S/C15H22N4O2/c1-5-15(21,6-2)9-17-14(20)11-7-12-10(3)18-19(4)13(12)16-8-11/h7-8,21H,5-6,9H2,1-4H3,(H,17,20). The molecular weight excluding hydrogens is 268 g/mol. The summed E-state index contributed by atoms with van der Waals surface area (Å²) in [5.41, 5.74) is 1.22. The first-order chi connectivity index (χ1) is 9.90. The molecule has 2 aromatic heterocycles. The molecule has 0 spiro atoms. The summed E-state index contributed by atoms with van der Waals surface area (Å²) in [6.07, 6.45) is 2.74. The molecule has 2 N–H and O–H groups in total. The third-order valence-electron chi connectivity index (χ3n) is 4.02. The SMILES string of the molecule is CCC(O)(CC)CNC(=O)c1cnc2c(c1)c(C)nn2C. The van der Waals surface area contributed by atoms with Gasteiger partial charge in [0, 0.05) is 25.2 Å². The third kappa shape index (κ3) is 3.05. The molecule has 0 fully saturated rings. The first kappa shape index (κ1) is 15.4. The summed E-state index contributed by atoms with van der Waals surface area (Å²) in [6.45, 7) is 5.94. The first-order valence-electron chi connectivity index (χ1n) is 7.20. The Balaban J connectivity index is 2.18. The van der Waals surface area contributed by atoms with Gasteiger partial charge < -0.3 is 10.4 Å². The molecule has 0 aliphatic carbocycles. The van der Waals surface area contributed by atoms with Crippen molar-refractivity contribution in [1.82, 2.24) is 20.1 Å². The minimum Gasteiger partial charge on any atom is -0.388 e. The van der Waals surface area contributed by atoms with E-state index in [9.17, 15) is 9.90 Å². The maximum Gasteiger partial charge on any atom is 0.252 e. The molecule has 1 amide bonds. The summed E-state index contributed by atoms with van der Waals surface area (Å²) >= 11 is 0. The Kier molecular flexibility index (Phi) is 4.27. The largest absolute Gasteiger partial charge is 0.388 e. The number of hydrogen-bond acceptors (Lipinski definition) is 4. The number of rotatable bonds is 5. The highest BCUT2D eigenvalue weighted by Gasteiger charge is 2.23. The van der Waals surface area contributed by atoms with Gasteiger partial charge in [-0.3, -0.25) is 9.48 Å². The number of nitrogens with one attached hydrogen (secondary N) is 1. The predicted molar refractivity (Wildman–Crippen MR) is 81.1 cm³/mol. The summed E-state index contributed by atoms with van der Waals surface area (Å²) in [5, 5.41) is 18.1. The number of fused-ring (bicyclic) bond motifs is 1. The van der Waals surface area contributed by atoms with Crippen LogP contribution in [0.2, 0.25) is 0 Å². The molecule has 0 aliphatic rings. The van der Waals surface area contributed by atoms with Crippen molar-refractivity contribution in [3.8, 4) is 0 Å². The third-order valence-corrected chi connectivity index (χ3v) is 4.02. The molecule has 2 heterocycles. The molecule has 2 rings (SSSR count). The van der Waals surface area contributed by atoms with E-state index in [1.165, 1.54) is 6.20 Å². The molecule has 0 atom stereocenters. The van der Waals surface area contributed by atoms with Crippen molar-refractivity contribution >= 4 is 16.9 Å². The van der Waals surface area contributed by atoms with Gasteiger partial charge in [-0.2, -0.15) is 5.10 Å². The molecule has 21 heavy (non-hydrogen) atoms. The topological polar surface area (TPSA) is 80.0 Å². The van der Waals surface area contributed by atoms with Gasteiger partial charge in [0.15, 0.2) is 5.65 Å². The van der Waals surface area contributed by atoms with Crippen molar-refractivity contribution in [2.75, 3.05) is 6.54 Å². The zero-order chi connectivity index (χ0) is 15.6. The van der Waals surface area contributed by atoms with Crippen molar-refractivity contribution in [1.29, 1.82) is 0 Å². The lowest BCUT2D eigenvalue weighted by molar-refractivity contribution is 0.0314. The smallest absolute Gasteiger partial charge is 0.252 e. The number of carbonyl (C=O) groups is 1. The number of aromatic nitrogens is 3. The minimum atomic E-state index is -0.850. The van der Waals surface area contributed by atoms with Gasteiger partial charge in [0.25, 0.3) is 5.91 Å². The van der Waals surface area contributed by atoms with Crippen molar-refractivity contribution in [3.63, 3.8) is 0 Å². The Morgan fingerprint density at radius 2 is 2.10 bits per heavy atom. The van der Waals surface area contributed by atoms with Gasteiger partial charge in [-0.1, -0.05) is 13.8 Å². The minimum absolute atomic E-state index is 0.229. The van der Waals surface area contributed by atoms with Gasteiger partial charge in [0.05, 0.1) is 16.9 Å². The fourth-order valence-corrected chi connectivity index (χ4v) is 2.28. The summed E-state index contributed by atoms with van der Waals surface area (Å²) in [5.74, 6) is -0.229. The Bertz CT molecular complexity index is 659. The second-order valence-electron chi connectivity index (χ2n) is 5.42. The summed E-state index contributed by atoms with van der Waals surface area (Å²) in [6, 6.07) is 1.79. The average Bonchev–Trinajstić information content (AvgIpc) is 2.79. The summed E-state index contributed by atoms with van der Waals surface area (Å²) < 4.78 is 1.69. The Morgan fingerprint density at radius 3 is 2.71 bits per heavy atom. The summed E-state index contributed by atoms with van der Waals surface area (Å²) in [7, 11) is 1.82. The number of nitrogens with zero attached hydrogens (tertiary/aromatic N) is 3. The van der Waals surface area contributed by atoms with Crippen LogP contribution in [-0.2, 0) is 7.05 Å². The van der Waals surface area contributed by atoms with Crippen LogP contribution in [0.25, 0.3) is 11.0 Å². The molecule has 6 heteroatoms. The lowest BCUT2D eigenvalue weighted by atomic mass is 9.97. The molecule has 6 nitrogen and oxygen atoms in total. The highest BCUT2D eigenvalue weighted by molar-refractivity contribution is 5.97. The van der Waals surface area contributed by atoms with Gasteiger partial charge in [0.1, 0.15) is 0 Å². The second-order valence-corrected chi connectivity index (χ2v) is 5.42. The van der Waals surface area contributed by atoms with E-state index in [1.807, 2.05) is 27.8 Å². The van der Waals surface area contributed by atoms with E-state index in [2.05, 4.69) is 15.4 Å². The lowest BCUT2D eigenvalue weighted by Crippen LogP contribution is -2.42. The van der Waals surface area contributed by atoms with Gasteiger partial charge in [-0.05, 0) is 25.8 Å². The van der Waals surface area contributed by atoms with E-state index in [1.54, 1.807) is 10.7 Å². The first-order valence-corrected chi connectivity index (χ1v) is 7.20. The molecular formula is C15H22N4O2. The van der Waals surface area contributed by atoms with E-state index >= 15 is 0 Å². The van der Waals surface area contributed by atoms with Crippen molar-refractivity contribution in [3.05, 3.63) is 23.5 Å². The normalized spacial score (nSPS) is 11.9. The van der Waals surface area contributed by atoms with Crippen LogP contribution in [0.1, 0.15) is 42.7 Å². The molecule has 0 aromatic carbocycles. The number of amides is 1. The lowest BCUT2D eigenvalue weighted by Gasteiger charge is -2.25. The maximum absolute atomic E-state index is 12.2. The molecule has 0 radical (unpaired) electrons. The molecule has 114 valence electrons. The van der Waals surface area contributed by atoms with Gasteiger partial charge in [0.2, 0.25) is 0 Å². The van der Waals surface area contributed by atoms with Crippen LogP contribution in [0.3, 0.4) is 0 Å². The van der Waals surface area contributed by atoms with Gasteiger partial charge >= 0.3 is 0 Å². The molecule has 0 saturated carbocycles. The van der Waals surface area contributed by atoms with Crippen LogP contribution in [0.15, 0.2) is 12.3 Å². The van der Waals surface area contributed by atoms with Crippen LogP contribution in [0.5, 0.6) is 0 Å². The van der Waals surface area contributed by atoms with Gasteiger partial charge in [-0.25, -0.2) is 4.98 Å². The van der Waals surface area contributed by atoms with E-state index in [0.29, 0.717) is 18.4 Å². The van der Waals surface area contributed by atoms with Crippen LogP contribution in [0, 0.1) is 6.92 Å². The van der Waals surface area contributed by atoms with Crippen molar-refractivity contribution in [2.24, 2.45) is 7.05 Å². The highest BCUT2D eigenvalue weighted by atomic mass is 16.3. The van der Waals surface area contributed by atoms with E-state index in [-0.39, 0.29) is 12.5 Å².